The minimum atomic E-state index is -1.06. The number of pyridine rings is 1. The Bertz CT molecular complexity index is 2470. The minimum Gasteiger partial charge on any atom is -0.508 e. The first-order valence-electron chi connectivity index (χ1n) is 20.3. The summed E-state index contributed by atoms with van der Waals surface area (Å²) >= 11 is 0. The third-order valence-corrected chi connectivity index (χ3v) is 12.9. The third kappa shape index (κ3) is 7.74. The van der Waals surface area contributed by atoms with Gasteiger partial charge in [0.15, 0.2) is 23.0 Å². The molecule has 1 fully saturated rings. The predicted molar refractivity (Wildman–Crippen MR) is 226 cm³/mol. The number of H-pyrrole nitrogens is 1. The standard InChI is InChI=1S/C48H51N3O8/c1-58-43-21-28(7-15-39(43)53)8-16-40(54)46-41(55)23-29(31-24-42(56)47(57)44(25-31)59-2)9-12-37-36-13-11-35(52)22-30(36)10-14-38(37)51-45-27-33(17-20-50-45)48(46)18-3-5-32(48)26-34-6-4-19-49-34/h4,6-7,10-11,13-15,17,19-22,24-25,27,29,32,40,46,49,52-54,56-57H,3,5,8-9,12,16,18,23,26H2,1-2H3,(H,50,51). The van der Waals surface area contributed by atoms with Crippen LogP contribution in [0.25, 0.3) is 10.8 Å². The zero-order valence-corrected chi connectivity index (χ0v) is 33.3. The Hall–Kier alpha value is -6.20. The highest BCUT2D eigenvalue weighted by molar-refractivity contribution is 5.92. The molecule has 2 aromatic heterocycles. The van der Waals surface area contributed by atoms with E-state index in [9.17, 15) is 25.5 Å². The fraction of sp³-hybridized carbons (Fsp3) is 0.333. The van der Waals surface area contributed by atoms with Crippen molar-refractivity contribution >= 4 is 28.1 Å². The lowest BCUT2D eigenvalue weighted by molar-refractivity contribution is -0.132. The van der Waals surface area contributed by atoms with Crippen LogP contribution in [-0.2, 0) is 29.5 Å². The molecule has 0 radical (unpaired) electrons. The van der Waals surface area contributed by atoms with Gasteiger partial charge in [0.1, 0.15) is 17.4 Å². The van der Waals surface area contributed by atoms with Crippen LogP contribution in [0.2, 0.25) is 0 Å². The molecule has 306 valence electrons. The lowest BCUT2D eigenvalue weighted by atomic mass is 9.58. The third-order valence-electron chi connectivity index (χ3n) is 12.9. The number of methoxy groups -OCH3 is 2. The zero-order valence-electron chi connectivity index (χ0n) is 33.3. The first-order valence-corrected chi connectivity index (χ1v) is 20.3. The minimum absolute atomic E-state index is 0.0148. The number of hydrogen-bond acceptors (Lipinski definition) is 10. The molecular formula is C48H51N3O8. The number of phenols is 4. The van der Waals surface area contributed by atoms with Crippen molar-refractivity contribution in [1.29, 1.82) is 0 Å². The van der Waals surface area contributed by atoms with E-state index in [4.69, 9.17) is 14.5 Å². The van der Waals surface area contributed by atoms with Crippen molar-refractivity contribution in [3.05, 3.63) is 125 Å². The van der Waals surface area contributed by atoms with Crippen molar-refractivity contribution in [3.63, 3.8) is 0 Å². The molecule has 6 aromatic rings. The number of ketones is 1. The average Bonchev–Trinajstić information content (AvgIpc) is 3.91. The Morgan fingerprint density at radius 2 is 1.75 bits per heavy atom. The first kappa shape index (κ1) is 39.6. The van der Waals surface area contributed by atoms with Crippen molar-refractivity contribution in [2.75, 3.05) is 19.5 Å². The second-order valence-electron chi connectivity index (χ2n) is 16.2. The van der Waals surface area contributed by atoms with Crippen molar-refractivity contribution in [1.82, 2.24) is 9.97 Å². The second-order valence-corrected chi connectivity index (χ2v) is 16.2. The van der Waals surface area contributed by atoms with Crippen LogP contribution < -0.4 is 14.8 Å². The Labute approximate surface area is 343 Å². The van der Waals surface area contributed by atoms with Gasteiger partial charge in [-0.1, -0.05) is 24.6 Å². The Morgan fingerprint density at radius 3 is 2.54 bits per heavy atom. The Morgan fingerprint density at radius 1 is 0.898 bits per heavy atom. The maximum Gasteiger partial charge on any atom is 0.200 e. The number of nitrogens with zero attached hydrogens (tertiary/aromatic N) is 1. The fourth-order valence-electron chi connectivity index (χ4n) is 10.1. The number of aliphatic hydroxyl groups excluding tert-OH is 1. The van der Waals surface area contributed by atoms with Crippen LogP contribution in [0.3, 0.4) is 0 Å². The van der Waals surface area contributed by atoms with Gasteiger partial charge in [-0.15, -0.1) is 0 Å². The maximum atomic E-state index is 15.7. The number of carbonyl (C=O) groups is 1. The van der Waals surface area contributed by atoms with E-state index in [2.05, 4.69) is 16.4 Å². The lowest BCUT2D eigenvalue weighted by Gasteiger charge is -2.45. The molecule has 2 bridgehead atoms. The number of hydrogen-bond donors (Lipinski definition) is 7. The highest BCUT2D eigenvalue weighted by atomic mass is 16.5. The van der Waals surface area contributed by atoms with Crippen LogP contribution in [0.1, 0.15) is 72.4 Å². The number of benzene rings is 4. The average molecular weight is 798 g/mol. The first-order chi connectivity index (χ1) is 28.6. The molecule has 11 heteroatoms. The molecule has 8 rings (SSSR count). The van der Waals surface area contributed by atoms with Crippen LogP contribution in [0.5, 0.6) is 34.5 Å². The lowest BCUT2D eigenvalue weighted by Crippen LogP contribution is -2.50. The molecule has 0 amide bonds. The van der Waals surface area contributed by atoms with Crippen molar-refractivity contribution in [3.8, 4) is 34.5 Å². The van der Waals surface area contributed by atoms with E-state index in [-0.39, 0.29) is 53.3 Å². The van der Waals surface area contributed by atoms with Crippen molar-refractivity contribution in [2.24, 2.45) is 11.8 Å². The molecule has 3 heterocycles. The molecule has 59 heavy (non-hydrogen) atoms. The summed E-state index contributed by atoms with van der Waals surface area (Å²) in [5.41, 5.74) is 4.50. The van der Waals surface area contributed by atoms with Gasteiger partial charge in [-0.05, 0) is 157 Å². The summed E-state index contributed by atoms with van der Waals surface area (Å²) in [6.07, 6.45) is 7.43. The number of Topliss-reactive ketones (excluding diaryl/α,β-unsaturated/α-hetero) is 1. The largest absolute Gasteiger partial charge is 0.508 e. The molecule has 0 saturated heterocycles. The molecule has 5 atom stereocenters. The van der Waals surface area contributed by atoms with Gasteiger partial charge in [-0.25, -0.2) is 4.98 Å². The van der Waals surface area contributed by atoms with Crippen LogP contribution in [0, 0.1) is 11.8 Å². The molecule has 7 N–H and O–H groups in total. The topological polar surface area (TPSA) is 177 Å². The highest BCUT2D eigenvalue weighted by Gasteiger charge is 2.54. The SMILES string of the molecule is COc1cc(CCC(O)C2C(=O)CC(c3cc(O)c(O)c(OC)c3)CCc3c(ccc4cc(O)ccc34)Nc3cc(ccn3)C23CCCC3Cc2ccc[nH]2)ccc1O. The number of aliphatic hydroxyl groups is 1. The van der Waals surface area contributed by atoms with Gasteiger partial charge in [0.2, 0.25) is 5.75 Å². The molecule has 1 spiro atoms. The van der Waals surface area contributed by atoms with Gasteiger partial charge in [-0.3, -0.25) is 4.79 Å². The van der Waals surface area contributed by atoms with Gasteiger partial charge in [0.25, 0.3) is 0 Å². The quantitative estimate of drug-likeness (QED) is 0.0701. The van der Waals surface area contributed by atoms with E-state index in [1.807, 2.05) is 42.6 Å². The zero-order chi connectivity index (χ0) is 41.3. The molecular weight excluding hydrogens is 747 g/mol. The number of fused-ring (bicyclic) bond motifs is 6. The van der Waals surface area contributed by atoms with Crippen LogP contribution in [0.15, 0.2) is 97.3 Å². The predicted octanol–water partition coefficient (Wildman–Crippen LogP) is 8.73. The summed E-state index contributed by atoms with van der Waals surface area (Å²) in [6, 6.07) is 25.7. The van der Waals surface area contributed by atoms with E-state index >= 15 is 4.79 Å². The number of aromatic amines is 1. The number of ether oxygens (including phenoxy) is 2. The highest BCUT2D eigenvalue weighted by Crippen LogP contribution is 2.55. The molecule has 2 aliphatic rings. The number of rotatable bonds is 9. The maximum absolute atomic E-state index is 15.7. The number of phenolic OH excluding ortho intramolecular Hbond substituents is 4. The summed E-state index contributed by atoms with van der Waals surface area (Å²) < 4.78 is 10.9. The summed E-state index contributed by atoms with van der Waals surface area (Å²) in [7, 11) is 2.92. The number of carbonyl (C=O) groups excluding carboxylic acids is 1. The molecule has 1 aliphatic heterocycles. The number of aromatic nitrogens is 2. The van der Waals surface area contributed by atoms with E-state index < -0.39 is 23.4 Å². The summed E-state index contributed by atoms with van der Waals surface area (Å²) in [5, 5.41) is 60.4. The number of aryl methyl sites for hydroxylation is 2. The van der Waals surface area contributed by atoms with Gasteiger partial charge in [0, 0.05) is 35.6 Å². The molecule has 1 aliphatic carbocycles. The van der Waals surface area contributed by atoms with E-state index in [0.717, 1.165) is 51.7 Å². The Kier molecular flexibility index (Phi) is 11.1. The number of anilines is 2. The van der Waals surface area contributed by atoms with E-state index in [1.54, 1.807) is 42.6 Å². The molecule has 4 aromatic carbocycles. The van der Waals surface area contributed by atoms with Crippen molar-refractivity contribution < 1.29 is 39.8 Å². The van der Waals surface area contributed by atoms with Gasteiger partial charge < -0.3 is 45.3 Å². The van der Waals surface area contributed by atoms with Crippen LogP contribution in [-0.4, -0.2) is 61.6 Å². The molecule has 1 saturated carbocycles. The fourth-order valence-corrected chi connectivity index (χ4v) is 10.1. The summed E-state index contributed by atoms with van der Waals surface area (Å²) in [6.45, 7) is 0. The summed E-state index contributed by atoms with van der Waals surface area (Å²) in [5.74, 6) is -0.888. The smallest absolute Gasteiger partial charge is 0.200 e. The molecule has 11 nitrogen and oxygen atoms in total. The van der Waals surface area contributed by atoms with Gasteiger partial charge >= 0.3 is 0 Å². The number of aromatic hydroxyl groups is 4. The normalized spacial score (nSPS) is 21.2. The van der Waals surface area contributed by atoms with Crippen LogP contribution in [0.4, 0.5) is 11.5 Å². The van der Waals surface area contributed by atoms with Crippen molar-refractivity contribution in [2.45, 2.75) is 75.2 Å². The number of nitrogens with one attached hydrogen (secondary N) is 2. The summed E-state index contributed by atoms with van der Waals surface area (Å²) in [4.78, 5) is 23.9. The Balaban J connectivity index is 1.30. The van der Waals surface area contributed by atoms with Crippen LogP contribution >= 0.6 is 0 Å². The molecule has 5 unspecified atom stereocenters. The van der Waals surface area contributed by atoms with Gasteiger partial charge in [0.05, 0.1) is 26.2 Å². The van der Waals surface area contributed by atoms with Gasteiger partial charge in [-0.2, -0.15) is 0 Å². The monoisotopic (exact) mass is 797 g/mol. The van der Waals surface area contributed by atoms with E-state index in [1.165, 1.54) is 20.3 Å². The van der Waals surface area contributed by atoms with E-state index in [0.29, 0.717) is 49.2 Å². The second kappa shape index (κ2) is 16.6.